The lowest BCUT2D eigenvalue weighted by Gasteiger charge is -2.19. The van der Waals surface area contributed by atoms with E-state index in [0.29, 0.717) is 13.0 Å². The fourth-order valence-corrected chi connectivity index (χ4v) is 2.31. The first-order valence-electron chi connectivity index (χ1n) is 7.65. The summed E-state index contributed by atoms with van der Waals surface area (Å²) in [7, 11) is 0. The third-order valence-electron chi connectivity index (χ3n) is 3.57. The first kappa shape index (κ1) is 16.1. The Labute approximate surface area is 132 Å². The largest absolute Gasteiger partial charge is 0.480 e. The molecule has 0 aliphatic rings. The highest BCUT2D eigenvalue weighted by molar-refractivity contribution is 5.81. The van der Waals surface area contributed by atoms with Crippen LogP contribution in [0.3, 0.4) is 0 Å². The fourth-order valence-electron chi connectivity index (χ4n) is 2.31. The highest BCUT2D eigenvalue weighted by Gasteiger charge is 2.18. The summed E-state index contributed by atoms with van der Waals surface area (Å²) in [6, 6.07) is 15.9. The molecule has 0 aliphatic carbocycles. The van der Waals surface area contributed by atoms with E-state index in [4.69, 9.17) is 4.74 Å². The van der Waals surface area contributed by atoms with Crippen LogP contribution in [0.2, 0.25) is 0 Å². The molecule has 0 spiro atoms. The minimum Gasteiger partial charge on any atom is -0.480 e. The molecule has 22 heavy (non-hydrogen) atoms. The predicted octanol–water partition coefficient (Wildman–Crippen LogP) is 3.78. The van der Waals surface area contributed by atoms with Crippen molar-refractivity contribution in [3.8, 4) is 5.75 Å². The van der Waals surface area contributed by atoms with Gasteiger partial charge in [0, 0.05) is 6.54 Å². The first-order valence-corrected chi connectivity index (χ1v) is 7.65. The highest BCUT2D eigenvalue weighted by Crippen LogP contribution is 2.20. The van der Waals surface area contributed by atoms with Crippen molar-refractivity contribution in [1.82, 2.24) is 5.32 Å². The average Bonchev–Trinajstić information content (AvgIpc) is 2.53. The number of rotatable bonds is 6. The van der Waals surface area contributed by atoms with Gasteiger partial charge in [0.05, 0.1) is 0 Å². The standard InChI is InChI=1S/C19H23NO2/c1-4-17(22-18-11-10-14(2)12-15(18)3)19(21)20-13-16-8-6-5-7-9-16/h5-12,17H,4,13H2,1-3H3,(H,20,21). The van der Waals surface area contributed by atoms with Gasteiger partial charge >= 0.3 is 0 Å². The molecule has 0 heterocycles. The number of hydrogen-bond acceptors (Lipinski definition) is 2. The molecule has 0 bridgehead atoms. The lowest BCUT2D eigenvalue weighted by Crippen LogP contribution is -2.37. The minimum atomic E-state index is -0.467. The number of aryl methyl sites for hydroxylation is 2. The van der Waals surface area contributed by atoms with E-state index in [9.17, 15) is 4.79 Å². The van der Waals surface area contributed by atoms with E-state index in [0.717, 1.165) is 16.9 Å². The third-order valence-corrected chi connectivity index (χ3v) is 3.57. The third kappa shape index (κ3) is 4.35. The summed E-state index contributed by atoms with van der Waals surface area (Å²) in [4.78, 5) is 12.3. The molecule has 2 aromatic carbocycles. The van der Waals surface area contributed by atoms with Gasteiger partial charge in [0.2, 0.25) is 0 Å². The Bertz CT molecular complexity index is 623. The van der Waals surface area contributed by atoms with Gasteiger partial charge in [0.1, 0.15) is 5.75 Å². The van der Waals surface area contributed by atoms with Crippen LogP contribution in [0.4, 0.5) is 0 Å². The van der Waals surface area contributed by atoms with E-state index in [-0.39, 0.29) is 5.91 Å². The molecule has 0 fully saturated rings. The van der Waals surface area contributed by atoms with Crippen LogP contribution in [0.15, 0.2) is 48.5 Å². The molecule has 0 saturated carbocycles. The van der Waals surface area contributed by atoms with E-state index in [1.54, 1.807) is 0 Å². The van der Waals surface area contributed by atoms with Gasteiger partial charge in [0.25, 0.3) is 5.91 Å². The Morgan fingerprint density at radius 1 is 1.14 bits per heavy atom. The molecular formula is C19H23NO2. The second-order valence-electron chi connectivity index (χ2n) is 5.49. The zero-order valence-corrected chi connectivity index (χ0v) is 13.4. The van der Waals surface area contributed by atoms with Gasteiger partial charge in [-0.05, 0) is 37.5 Å². The number of nitrogens with one attached hydrogen (secondary N) is 1. The lowest BCUT2D eigenvalue weighted by molar-refractivity contribution is -0.128. The van der Waals surface area contributed by atoms with Crippen LogP contribution in [0.25, 0.3) is 0 Å². The van der Waals surface area contributed by atoms with Gasteiger partial charge in [-0.25, -0.2) is 0 Å². The van der Waals surface area contributed by atoms with Crippen molar-refractivity contribution < 1.29 is 9.53 Å². The normalized spacial score (nSPS) is 11.8. The molecule has 1 N–H and O–H groups in total. The molecule has 0 aromatic heterocycles. The van der Waals surface area contributed by atoms with Gasteiger partial charge < -0.3 is 10.1 Å². The SMILES string of the molecule is CCC(Oc1ccc(C)cc1C)C(=O)NCc1ccccc1. The van der Waals surface area contributed by atoms with Crippen molar-refractivity contribution in [2.24, 2.45) is 0 Å². The molecule has 2 aromatic rings. The summed E-state index contributed by atoms with van der Waals surface area (Å²) in [6.07, 6.45) is 0.165. The molecule has 1 amide bonds. The molecule has 0 radical (unpaired) electrons. The molecule has 116 valence electrons. The topological polar surface area (TPSA) is 38.3 Å². The van der Waals surface area contributed by atoms with E-state index >= 15 is 0 Å². The van der Waals surface area contributed by atoms with Gasteiger partial charge in [-0.15, -0.1) is 0 Å². The van der Waals surface area contributed by atoms with E-state index in [1.807, 2.05) is 63.2 Å². The Hall–Kier alpha value is -2.29. The monoisotopic (exact) mass is 297 g/mol. The van der Waals surface area contributed by atoms with E-state index in [1.165, 1.54) is 5.56 Å². The maximum atomic E-state index is 12.3. The molecule has 1 atom stereocenters. The Kier molecular flexibility index (Phi) is 5.59. The zero-order chi connectivity index (χ0) is 15.9. The van der Waals surface area contributed by atoms with Crippen LogP contribution in [0.1, 0.15) is 30.0 Å². The summed E-state index contributed by atoms with van der Waals surface area (Å²) in [5, 5.41) is 2.94. The quantitative estimate of drug-likeness (QED) is 0.881. The zero-order valence-electron chi connectivity index (χ0n) is 13.4. The van der Waals surface area contributed by atoms with Gasteiger partial charge in [-0.3, -0.25) is 4.79 Å². The molecule has 3 heteroatoms. The molecule has 0 aliphatic heterocycles. The maximum Gasteiger partial charge on any atom is 0.261 e. The smallest absolute Gasteiger partial charge is 0.261 e. The molecule has 1 unspecified atom stereocenters. The van der Waals surface area contributed by atoms with Gasteiger partial charge in [-0.1, -0.05) is 55.0 Å². The second-order valence-corrected chi connectivity index (χ2v) is 5.49. The summed E-state index contributed by atoms with van der Waals surface area (Å²) in [5.41, 5.74) is 3.32. The van der Waals surface area contributed by atoms with Crippen molar-refractivity contribution in [1.29, 1.82) is 0 Å². The van der Waals surface area contributed by atoms with Crippen LogP contribution in [0.5, 0.6) is 5.75 Å². The van der Waals surface area contributed by atoms with Crippen LogP contribution >= 0.6 is 0 Å². The Morgan fingerprint density at radius 2 is 1.86 bits per heavy atom. The summed E-state index contributed by atoms with van der Waals surface area (Å²) in [6.45, 7) is 6.51. The molecule has 2 rings (SSSR count). The summed E-state index contributed by atoms with van der Waals surface area (Å²) in [5.74, 6) is 0.693. The fraction of sp³-hybridized carbons (Fsp3) is 0.316. The molecular weight excluding hydrogens is 274 g/mol. The van der Waals surface area contributed by atoms with Crippen molar-refractivity contribution in [2.75, 3.05) is 0 Å². The van der Waals surface area contributed by atoms with Gasteiger partial charge in [0.15, 0.2) is 6.10 Å². The number of carbonyl (C=O) groups is 1. The minimum absolute atomic E-state index is 0.0775. The number of amides is 1. The summed E-state index contributed by atoms with van der Waals surface area (Å²) >= 11 is 0. The number of ether oxygens (including phenoxy) is 1. The number of carbonyl (C=O) groups excluding carboxylic acids is 1. The Morgan fingerprint density at radius 3 is 2.50 bits per heavy atom. The van der Waals surface area contributed by atoms with Crippen LogP contribution in [-0.2, 0) is 11.3 Å². The van der Waals surface area contributed by atoms with Gasteiger partial charge in [-0.2, -0.15) is 0 Å². The van der Waals surface area contributed by atoms with Crippen LogP contribution in [-0.4, -0.2) is 12.0 Å². The molecule has 0 saturated heterocycles. The number of hydrogen-bond donors (Lipinski definition) is 1. The predicted molar refractivity (Wildman–Crippen MR) is 88.9 cm³/mol. The highest BCUT2D eigenvalue weighted by atomic mass is 16.5. The van der Waals surface area contributed by atoms with E-state index in [2.05, 4.69) is 11.4 Å². The second kappa shape index (κ2) is 7.64. The van der Waals surface area contributed by atoms with Crippen LogP contribution in [0, 0.1) is 13.8 Å². The molecule has 3 nitrogen and oxygen atoms in total. The first-order chi connectivity index (χ1) is 10.6. The lowest BCUT2D eigenvalue weighted by atomic mass is 10.1. The van der Waals surface area contributed by atoms with Crippen molar-refractivity contribution in [2.45, 2.75) is 39.8 Å². The number of benzene rings is 2. The average molecular weight is 297 g/mol. The summed E-state index contributed by atoms with van der Waals surface area (Å²) < 4.78 is 5.89. The van der Waals surface area contributed by atoms with Crippen LogP contribution < -0.4 is 10.1 Å². The van der Waals surface area contributed by atoms with Crippen molar-refractivity contribution in [3.63, 3.8) is 0 Å². The Balaban J connectivity index is 1.97. The maximum absolute atomic E-state index is 12.3. The van der Waals surface area contributed by atoms with Crippen molar-refractivity contribution >= 4 is 5.91 Å². The van der Waals surface area contributed by atoms with Crippen molar-refractivity contribution in [3.05, 3.63) is 65.2 Å². The van der Waals surface area contributed by atoms with E-state index < -0.39 is 6.10 Å².